The van der Waals surface area contributed by atoms with Crippen LogP contribution in [-0.4, -0.2) is 23.2 Å². The van der Waals surface area contributed by atoms with Gasteiger partial charge < -0.3 is 10.4 Å². The maximum absolute atomic E-state index is 10.7. The lowest BCUT2D eigenvalue weighted by molar-refractivity contribution is -0.142. The zero-order valence-electron chi connectivity index (χ0n) is 9.87. The minimum absolute atomic E-state index is 0.0289. The summed E-state index contributed by atoms with van der Waals surface area (Å²) >= 11 is 0. The first kappa shape index (κ1) is 13.4. The van der Waals surface area contributed by atoms with Gasteiger partial charge in [-0.25, -0.2) is 0 Å². The third-order valence-corrected chi connectivity index (χ3v) is 2.51. The van der Waals surface area contributed by atoms with E-state index in [1.54, 1.807) is 6.92 Å². The Labute approximate surface area is 86.9 Å². The molecular weight excluding hydrogens is 178 g/mol. The van der Waals surface area contributed by atoms with Crippen LogP contribution in [0.5, 0.6) is 0 Å². The first-order valence-corrected chi connectivity index (χ1v) is 5.33. The van der Waals surface area contributed by atoms with Crippen LogP contribution in [0.15, 0.2) is 0 Å². The van der Waals surface area contributed by atoms with Gasteiger partial charge in [0, 0.05) is 12.1 Å². The summed E-state index contributed by atoms with van der Waals surface area (Å²) in [7, 11) is 0. The third-order valence-electron chi connectivity index (χ3n) is 2.51. The molecule has 2 N–H and O–H groups in total. The third kappa shape index (κ3) is 5.22. The first-order chi connectivity index (χ1) is 6.34. The van der Waals surface area contributed by atoms with Crippen LogP contribution in [0.1, 0.15) is 41.0 Å². The van der Waals surface area contributed by atoms with Gasteiger partial charge in [0.1, 0.15) is 0 Å². The van der Waals surface area contributed by atoms with E-state index in [1.807, 2.05) is 6.92 Å². The summed E-state index contributed by atoms with van der Waals surface area (Å²) in [6.45, 7) is 10.1. The normalized spacial score (nSPS) is 17.9. The van der Waals surface area contributed by atoms with Crippen LogP contribution >= 0.6 is 0 Å². The molecule has 84 valence electrons. The van der Waals surface area contributed by atoms with Gasteiger partial charge in [-0.15, -0.1) is 0 Å². The molecule has 0 aliphatic rings. The topological polar surface area (TPSA) is 49.3 Å². The molecule has 0 radical (unpaired) electrons. The first-order valence-electron chi connectivity index (χ1n) is 5.33. The van der Waals surface area contributed by atoms with Gasteiger partial charge in [0.25, 0.3) is 0 Å². The molecule has 0 amide bonds. The van der Waals surface area contributed by atoms with E-state index in [4.69, 9.17) is 5.11 Å². The van der Waals surface area contributed by atoms with E-state index in [9.17, 15) is 4.79 Å². The number of carboxylic acids is 1. The Morgan fingerprint density at radius 3 is 2.07 bits per heavy atom. The number of carbonyl (C=O) groups is 1. The molecule has 0 fully saturated rings. The van der Waals surface area contributed by atoms with Gasteiger partial charge >= 0.3 is 5.97 Å². The Kier molecular flexibility index (Phi) is 5.77. The van der Waals surface area contributed by atoms with Crippen LogP contribution in [0.3, 0.4) is 0 Å². The fourth-order valence-electron chi connectivity index (χ4n) is 1.58. The van der Waals surface area contributed by atoms with E-state index in [0.29, 0.717) is 12.0 Å². The molecule has 0 aromatic heterocycles. The van der Waals surface area contributed by atoms with Crippen LogP contribution in [0, 0.1) is 11.8 Å². The zero-order valence-corrected chi connectivity index (χ0v) is 9.87. The molecule has 14 heavy (non-hydrogen) atoms. The highest BCUT2D eigenvalue weighted by molar-refractivity contribution is 5.70. The summed E-state index contributed by atoms with van der Waals surface area (Å²) in [5.41, 5.74) is 0. The molecule has 0 bridgehead atoms. The summed E-state index contributed by atoms with van der Waals surface area (Å²) in [6, 6.07) is 0.410. The number of aliphatic carboxylic acids is 1. The minimum atomic E-state index is -0.734. The fourth-order valence-corrected chi connectivity index (χ4v) is 1.58. The average molecular weight is 201 g/mol. The smallest absolute Gasteiger partial charge is 0.307 e. The van der Waals surface area contributed by atoms with Crippen molar-refractivity contribution in [2.45, 2.75) is 53.1 Å². The van der Waals surface area contributed by atoms with Gasteiger partial charge in [-0.05, 0) is 26.2 Å². The van der Waals surface area contributed by atoms with Crippen molar-refractivity contribution < 1.29 is 9.90 Å². The van der Waals surface area contributed by atoms with Crippen molar-refractivity contribution in [3.63, 3.8) is 0 Å². The molecule has 3 heteroatoms. The Balaban J connectivity index is 3.92. The highest BCUT2D eigenvalue weighted by Gasteiger charge is 2.20. The molecular formula is C11H23NO2. The molecule has 0 heterocycles. The van der Waals surface area contributed by atoms with Crippen LogP contribution in [0.4, 0.5) is 0 Å². The van der Waals surface area contributed by atoms with Crippen LogP contribution in [0.25, 0.3) is 0 Å². The van der Waals surface area contributed by atoms with Crippen LogP contribution in [-0.2, 0) is 4.79 Å². The van der Waals surface area contributed by atoms with Gasteiger partial charge in [0.2, 0.25) is 0 Å². The van der Waals surface area contributed by atoms with Crippen molar-refractivity contribution in [3.8, 4) is 0 Å². The summed E-state index contributed by atoms with van der Waals surface area (Å²) in [6.07, 6.45) is 1.08. The maximum Gasteiger partial charge on any atom is 0.307 e. The van der Waals surface area contributed by atoms with Gasteiger partial charge in [0.15, 0.2) is 0 Å². The van der Waals surface area contributed by atoms with E-state index in [-0.39, 0.29) is 12.0 Å². The molecule has 3 atom stereocenters. The number of hydrogen-bond donors (Lipinski definition) is 2. The van der Waals surface area contributed by atoms with Crippen molar-refractivity contribution in [2.24, 2.45) is 11.8 Å². The van der Waals surface area contributed by atoms with Gasteiger partial charge in [0.05, 0.1) is 5.92 Å². The van der Waals surface area contributed by atoms with E-state index < -0.39 is 5.97 Å². The van der Waals surface area contributed by atoms with Gasteiger partial charge in [-0.2, -0.15) is 0 Å². The number of nitrogens with one attached hydrogen (secondary N) is 1. The lowest BCUT2D eigenvalue weighted by Crippen LogP contribution is -2.41. The maximum atomic E-state index is 10.7. The van der Waals surface area contributed by atoms with Crippen molar-refractivity contribution in [2.75, 3.05) is 0 Å². The fraction of sp³-hybridized carbons (Fsp3) is 0.909. The van der Waals surface area contributed by atoms with Crippen molar-refractivity contribution >= 4 is 5.97 Å². The standard InChI is InChI=1S/C11H23NO2/c1-7(2)6-8(3)12-10(5)9(4)11(13)14/h7-10,12H,6H2,1-5H3,(H,13,14). The predicted octanol–water partition coefficient (Wildman–Crippen LogP) is 2.12. The molecule has 0 aromatic carbocycles. The molecule has 0 spiro atoms. The number of rotatable bonds is 6. The van der Waals surface area contributed by atoms with Gasteiger partial charge in [-0.3, -0.25) is 4.79 Å². The lowest BCUT2D eigenvalue weighted by Gasteiger charge is -2.23. The minimum Gasteiger partial charge on any atom is -0.481 e. The Bertz CT molecular complexity index is 180. The zero-order chi connectivity index (χ0) is 11.3. The molecule has 3 unspecified atom stereocenters. The second-order valence-electron chi connectivity index (χ2n) is 4.61. The summed E-state index contributed by atoms with van der Waals surface area (Å²) in [4.78, 5) is 10.7. The number of hydrogen-bond acceptors (Lipinski definition) is 2. The summed E-state index contributed by atoms with van der Waals surface area (Å²) < 4.78 is 0. The Hall–Kier alpha value is -0.570. The molecule has 0 aliphatic heterocycles. The SMILES string of the molecule is CC(C)CC(C)NC(C)C(C)C(=O)O. The predicted molar refractivity (Wildman–Crippen MR) is 58.3 cm³/mol. The highest BCUT2D eigenvalue weighted by Crippen LogP contribution is 2.08. The summed E-state index contributed by atoms with van der Waals surface area (Å²) in [5.74, 6) is -0.420. The highest BCUT2D eigenvalue weighted by atomic mass is 16.4. The van der Waals surface area contributed by atoms with E-state index in [1.165, 1.54) is 0 Å². The van der Waals surface area contributed by atoms with Crippen molar-refractivity contribution in [1.82, 2.24) is 5.32 Å². The lowest BCUT2D eigenvalue weighted by atomic mass is 10.00. The van der Waals surface area contributed by atoms with E-state index in [0.717, 1.165) is 6.42 Å². The van der Waals surface area contributed by atoms with Crippen LogP contribution < -0.4 is 5.32 Å². The Morgan fingerprint density at radius 2 is 1.71 bits per heavy atom. The molecule has 0 saturated heterocycles. The largest absolute Gasteiger partial charge is 0.481 e. The second-order valence-corrected chi connectivity index (χ2v) is 4.61. The van der Waals surface area contributed by atoms with E-state index >= 15 is 0 Å². The van der Waals surface area contributed by atoms with Crippen molar-refractivity contribution in [1.29, 1.82) is 0 Å². The molecule has 0 saturated carbocycles. The molecule has 0 rings (SSSR count). The van der Waals surface area contributed by atoms with Gasteiger partial charge in [-0.1, -0.05) is 20.8 Å². The Morgan fingerprint density at radius 1 is 1.21 bits per heavy atom. The quantitative estimate of drug-likeness (QED) is 0.692. The monoisotopic (exact) mass is 201 g/mol. The summed E-state index contributed by atoms with van der Waals surface area (Å²) in [5, 5.41) is 12.1. The van der Waals surface area contributed by atoms with Crippen molar-refractivity contribution in [3.05, 3.63) is 0 Å². The molecule has 3 nitrogen and oxygen atoms in total. The van der Waals surface area contributed by atoms with E-state index in [2.05, 4.69) is 26.1 Å². The average Bonchev–Trinajstić information content (AvgIpc) is 2.00. The molecule has 0 aliphatic carbocycles. The second kappa shape index (κ2) is 6.02. The van der Waals surface area contributed by atoms with Crippen LogP contribution in [0.2, 0.25) is 0 Å². The number of carboxylic acid groups (broad SMARTS) is 1. The molecule has 0 aromatic rings.